The number of pyridine rings is 1. The zero-order valence-corrected chi connectivity index (χ0v) is 14.6. The Balaban J connectivity index is 0.000000847. The van der Waals surface area contributed by atoms with Gasteiger partial charge in [0.25, 0.3) is 0 Å². The Bertz CT molecular complexity index is 597. The third-order valence-electron chi connectivity index (χ3n) is 4.21. The fourth-order valence-electron chi connectivity index (χ4n) is 2.92. The second-order valence-corrected chi connectivity index (χ2v) is 6.35. The molecule has 3 rings (SSSR count). The van der Waals surface area contributed by atoms with Crippen molar-refractivity contribution >= 4 is 5.52 Å². The Labute approximate surface area is 134 Å². The Hall–Kier alpha value is -1.39. The molecule has 1 saturated heterocycles. The number of morpholine rings is 1. The van der Waals surface area contributed by atoms with E-state index in [1.54, 1.807) is 0 Å². The molecule has 0 amide bonds. The van der Waals surface area contributed by atoms with Gasteiger partial charge >= 0.3 is 0 Å². The smallest absolute Gasteiger partial charge is 0.0690 e. The number of rotatable bonds is 3. The van der Waals surface area contributed by atoms with Crippen LogP contribution in [0.5, 0.6) is 0 Å². The molecular weight excluding hydrogens is 274 g/mol. The second-order valence-electron chi connectivity index (χ2n) is 6.35. The molecule has 3 heterocycles. The van der Waals surface area contributed by atoms with E-state index >= 15 is 0 Å². The molecule has 4 nitrogen and oxygen atoms in total. The average Bonchev–Trinajstić information content (AvgIpc) is 2.91. The van der Waals surface area contributed by atoms with E-state index in [1.165, 1.54) is 16.6 Å². The van der Waals surface area contributed by atoms with E-state index in [0.717, 1.165) is 32.8 Å². The van der Waals surface area contributed by atoms with E-state index in [-0.39, 0.29) is 5.41 Å². The maximum atomic E-state index is 5.42. The van der Waals surface area contributed by atoms with Crippen molar-refractivity contribution < 1.29 is 4.74 Å². The molecule has 2 aromatic heterocycles. The molecule has 122 valence electrons. The van der Waals surface area contributed by atoms with Gasteiger partial charge in [-0.15, -0.1) is 0 Å². The van der Waals surface area contributed by atoms with Gasteiger partial charge < -0.3 is 4.74 Å². The van der Waals surface area contributed by atoms with Crippen LogP contribution in [0, 0.1) is 6.92 Å². The van der Waals surface area contributed by atoms with Crippen LogP contribution in [-0.2, 0) is 10.2 Å². The van der Waals surface area contributed by atoms with Crippen LogP contribution in [0.15, 0.2) is 24.5 Å². The van der Waals surface area contributed by atoms with Gasteiger partial charge in [-0.05, 0) is 24.1 Å². The van der Waals surface area contributed by atoms with Gasteiger partial charge in [-0.1, -0.05) is 33.8 Å². The maximum absolute atomic E-state index is 5.42. The van der Waals surface area contributed by atoms with Crippen LogP contribution in [0.3, 0.4) is 0 Å². The van der Waals surface area contributed by atoms with Crippen LogP contribution in [-0.4, -0.2) is 47.4 Å². The van der Waals surface area contributed by atoms with Crippen molar-refractivity contribution in [1.29, 1.82) is 0 Å². The number of nitrogens with zero attached hydrogens (tertiary/aromatic N) is 3. The highest BCUT2D eigenvalue weighted by atomic mass is 16.5. The summed E-state index contributed by atoms with van der Waals surface area (Å²) in [5, 5.41) is 4.42. The molecule has 0 bridgehead atoms. The van der Waals surface area contributed by atoms with Crippen LogP contribution in [0.1, 0.15) is 38.8 Å². The standard InChI is InChI=1S/C16H23N3O.C2H6/c1-13-10-17-19-11-14(4-5-15(13)19)16(2,3)12-18-6-8-20-9-7-18;1-2/h4-5,10-11H,6-9,12H2,1-3H3;1-2H3. The highest BCUT2D eigenvalue weighted by Crippen LogP contribution is 2.25. The third-order valence-corrected chi connectivity index (χ3v) is 4.21. The average molecular weight is 303 g/mol. The first-order valence-electron chi connectivity index (χ1n) is 8.31. The summed E-state index contributed by atoms with van der Waals surface area (Å²) in [4.78, 5) is 2.49. The molecule has 0 spiro atoms. The molecule has 0 unspecified atom stereocenters. The molecule has 0 aliphatic carbocycles. The predicted octanol–water partition coefficient (Wildman–Crippen LogP) is 3.28. The SMILES string of the molecule is CC.Cc1cnn2cc(C(C)(C)CN3CCOCC3)ccc12. The van der Waals surface area contributed by atoms with Gasteiger partial charge in [0.05, 0.1) is 24.9 Å². The molecule has 0 N–H and O–H groups in total. The highest BCUT2D eigenvalue weighted by Gasteiger charge is 2.25. The van der Waals surface area contributed by atoms with Crippen molar-refractivity contribution in [2.45, 2.75) is 40.0 Å². The molecule has 4 heteroatoms. The fraction of sp³-hybridized carbons (Fsp3) is 0.611. The van der Waals surface area contributed by atoms with Crippen LogP contribution in [0.4, 0.5) is 0 Å². The summed E-state index contributed by atoms with van der Waals surface area (Å²) in [6.07, 6.45) is 4.09. The zero-order valence-electron chi connectivity index (χ0n) is 14.6. The highest BCUT2D eigenvalue weighted by molar-refractivity contribution is 5.53. The molecular formula is C18H29N3O. The van der Waals surface area contributed by atoms with Gasteiger partial charge in [0.2, 0.25) is 0 Å². The number of ether oxygens (including phenoxy) is 1. The van der Waals surface area contributed by atoms with Crippen molar-refractivity contribution in [3.63, 3.8) is 0 Å². The van der Waals surface area contributed by atoms with Crippen molar-refractivity contribution in [3.05, 3.63) is 35.7 Å². The lowest BCUT2D eigenvalue weighted by molar-refractivity contribution is 0.0295. The van der Waals surface area contributed by atoms with Crippen molar-refractivity contribution in [2.75, 3.05) is 32.8 Å². The van der Waals surface area contributed by atoms with Crippen LogP contribution in [0.2, 0.25) is 0 Å². The Morgan fingerprint density at radius 2 is 1.86 bits per heavy atom. The monoisotopic (exact) mass is 303 g/mol. The Morgan fingerprint density at radius 1 is 1.18 bits per heavy atom. The van der Waals surface area contributed by atoms with E-state index < -0.39 is 0 Å². The summed E-state index contributed by atoms with van der Waals surface area (Å²) in [7, 11) is 0. The van der Waals surface area contributed by atoms with E-state index in [4.69, 9.17) is 4.74 Å². The molecule has 0 aromatic carbocycles. The first-order chi connectivity index (χ1) is 10.6. The lowest BCUT2D eigenvalue weighted by Gasteiger charge is -2.35. The van der Waals surface area contributed by atoms with Crippen molar-refractivity contribution in [1.82, 2.24) is 14.5 Å². The molecule has 2 aromatic rings. The van der Waals surface area contributed by atoms with Gasteiger partial charge in [0, 0.05) is 31.2 Å². The van der Waals surface area contributed by atoms with Gasteiger partial charge in [-0.25, -0.2) is 4.52 Å². The van der Waals surface area contributed by atoms with Gasteiger partial charge in [0.15, 0.2) is 0 Å². The van der Waals surface area contributed by atoms with Gasteiger partial charge in [-0.2, -0.15) is 5.10 Å². The van der Waals surface area contributed by atoms with E-state index in [1.807, 2.05) is 24.6 Å². The second kappa shape index (κ2) is 7.25. The summed E-state index contributed by atoms with van der Waals surface area (Å²) in [6.45, 7) is 15.5. The Kier molecular flexibility index (Phi) is 5.59. The lowest BCUT2D eigenvalue weighted by atomic mass is 9.85. The first kappa shape index (κ1) is 17.0. The normalized spacial score (nSPS) is 16.4. The molecule has 0 atom stereocenters. The minimum atomic E-state index is 0.116. The fourth-order valence-corrected chi connectivity index (χ4v) is 2.92. The number of hydrogen-bond donors (Lipinski definition) is 0. The van der Waals surface area contributed by atoms with E-state index in [2.05, 4.69) is 49.1 Å². The molecule has 0 saturated carbocycles. The summed E-state index contributed by atoms with van der Waals surface area (Å²) >= 11 is 0. The molecule has 0 radical (unpaired) electrons. The number of fused-ring (bicyclic) bond motifs is 1. The first-order valence-corrected chi connectivity index (χ1v) is 8.31. The minimum absolute atomic E-state index is 0.116. The number of aromatic nitrogens is 2. The lowest BCUT2D eigenvalue weighted by Crippen LogP contribution is -2.43. The molecule has 22 heavy (non-hydrogen) atoms. The maximum Gasteiger partial charge on any atom is 0.0690 e. The van der Waals surface area contributed by atoms with Gasteiger partial charge in [-0.3, -0.25) is 4.90 Å². The molecule has 1 aliphatic rings. The molecule has 1 aliphatic heterocycles. The van der Waals surface area contributed by atoms with E-state index in [9.17, 15) is 0 Å². The predicted molar refractivity (Wildman–Crippen MR) is 91.6 cm³/mol. The van der Waals surface area contributed by atoms with Crippen LogP contribution >= 0.6 is 0 Å². The number of hydrogen-bond acceptors (Lipinski definition) is 3. The summed E-state index contributed by atoms with van der Waals surface area (Å²) in [5.74, 6) is 0. The Morgan fingerprint density at radius 3 is 2.55 bits per heavy atom. The summed E-state index contributed by atoms with van der Waals surface area (Å²) in [6, 6.07) is 4.42. The van der Waals surface area contributed by atoms with Crippen molar-refractivity contribution in [3.8, 4) is 0 Å². The van der Waals surface area contributed by atoms with Crippen LogP contribution in [0.25, 0.3) is 5.52 Å². The zero-order chi connectivity index (χ0) is 16.2. The topological polar surface area (TPSA) is 29.8 Å². The molecule has 1 fully saturated rings. The largest absolute Gasteiger partial charge is 0.379 e. The van der Waals surface area contributed by atoms with E-state index in [0.29, 0.717) is 0 Å². The van der Waals surface area contributed by atoms with Gasteiger partial charge in [0.1, 0.15) is 0 Å². The third kappa shape index (κ3) is 3.68. The summed E-state index contributed by atoms with van der Waals surface area (Å²) in [5.41, 5.74) is 3.86. The van der Waals surface area contributed by atoms with Crippen LogP contribution < -0.4 is 0 Å². The summed E-state index contributed by atoms with van der Waals surface area (Å²) < 4.78 is 7.42. The minimum Gasteiger partial charge on any atom is -0.379 e. The number of aryl methyl sites for hydroxylation is 1. The quantitative estimate of drug-likeness (QED) is 0.871. The van der Waals surface area contributed by atoms with Crippen molar-refractivity contribution in [2.24, 2.45) is 0 Å².